The molecule has 4 aromatic rings. The summed E-state index contributed by atoms with van der Waals surface area (Å²) >= 11 is 0. The third-order valence-electron chi connectivity index (χ3n) is 7.99. The van der Waals surface area contributed by atoms with Crippen molar-refractivity contribution in [2.45, 2.75) is 58.4 Å². The maximum Gasteiger partial charge on any atom is 0.451 e. The Hall–Kier alpha value is -5.08. The van der Waals surface area contributed by atoms with Gasteiger partial charge in [-0.15, -0.1) is 0 Å². The molecule has 1 aliphatic rings. The van der Waals surface area contributed by atoms with Crippen LogP contribution < -0.4 is 10.1 Å². The Balaban J connectivity index is 1.46. The number of piperidine rings is 1. The first-order valence-electron chi connectivity index (χ1n) is 15.1. The molecule has 0 radical (unpaired) electrons. The van der Waals surface area contributed by atoms with Gasteiger partial charge in [0.15, 0.2) is 0 Å². The Morgan fingerprint density at radius 1 is 1.00 bits per heavy atom. The predicted molar refractivity (Wildman–Crippen MR) is 167 cm³/mol. The number of amides is 1. The molecule has 1 amide bonds. The van der Waals surface area contributed by atoms with Crippen LogP contribution in [0.1, 0.15) is 58.0 Å². The fourth-order valence-corrected chi connectivity index (χ4v) is 5.25. The summed E-state index contributed by atoms with van der Waals surface area (Å²) in [7, 11) is 0. The van der Waals surface area contributed by atoms with Gasteiger partial charge in [0.2, 0.25) is 5.82 Å². The van der Waals surface area contributed by atoms with E-state index in [1.165, 1.54) is 23.4 Å². The lowest BCUT2D eigenvalue weighted by Gasteiger charge is -2.38. The van der Waals surface area contributed by atoms with Crippen molar-refractivity contribution in [1.82, 2.24) is 24.8 Å². The number of likely N-dealkylation sites (tertiary alicyclic amines) is 1. The number of aliphatic carboxylic acids is 1. The molecule has 254 valence electrons. The van der Waals surface area contributed by atoms with Gasteiger partial charge in [0, 0.05) is 36.4 Å². The zero-order valence-electron chi connectivity index (χ0n) is 26.6. The van der Waals surface area contributed by atoms with E-state index in [2.05, 4.69) is 25.3 Å². The third kappa shape index (κ3) is 7.72. The first kappa shape index (κ1) is 34.3. The van der Waals surface area contributed by atoms with Gasteiger partial charge in [0.05, 0.1) is 6.04 Å². The van der Waals surface area contributed by atoms with Crippen molar-refractivity contribution < 1.29 is 41.7 Å². The number of carbonyl (C=O) groups excluding carboxylic acids is 1. The average Bonchev–Trinajstić information content (AvgIpc) is 3.03. The molecule has 0 spiro atoms. The fraction of sp³-hybridized carbons (Fsp3) is 0.394. The summed E-state index contributed by atoms with van der Waals surface area (Å²) in [5.74, 6) is -2.23. The second kappa shape index (κ2) is 13.2. The second-order valence-corrected chi connectivity index (χ2v) is 12.6. The number of fused-ring (bicyclic) bond motifs is 1. The third-order valence-corrected chi connectivity index (χ3v) is 7.99. The lowest BCUT2D eigenvalue weighted by atomic mass is 9.79. The summed E-state index contributed by atoms with van der Waals surface area (Å²) in [6.07, 6.45) is -1.54. The van der Waals surface area contributed by atoms with Gasteiger partial charge in [-0.2, -0.15) is 13.2 Å². The van der Waals surface area contributed by atoms with Crippen LogP contribution in [0.2, 0.25) is 0 Å². The highest BCUT2D eigenvalue weighted by molar-refractivity contribution is 5.96. The fourth-order valence-electron chi connectivity index (χ4n) is 5.25. The number of nitrogens with one attached hydrogen (secondary N) is 1. The Kier molecular flexibility index (Phi) is 9.42. The number of halogens is 4. The number of nitrogens with zero attached hydrogens (tertiary/aromatic N) is 5. The largest absolute Gasteiger partial charge is 0.490 e. The molecule has 0 saturated carbocycles. The van der Waals surface area contributed by atoms with Gasteiger partial charge in [-0.05, 0) is 75.9 Å². The number of carboxylic acid groups (broad SMARTS) is 1. The topological polar surface area (TPSA) is 140 Å². The number of carbonyl (C=O) groups is 2. The highest BCUT2D eigenvalue weighted by Crippen LogP contribution is 2.38. The minimum absolute atomic E-state index is 0.117. The second-order valence-electron chi connectivity index (χ2n) is 12.6. The molecule has 0 bridgehead atoms. The molecule has 3 heterocycles. The zero-order valence-corrected chi connectivity index (χ0v) is 26.6. The van der Waals surface area contributed by atoms with E-state index in [0.717, 1.165) is 12.4 Å². The lowest BCUT2D eigenvalue weighted by Crippen LogP contribution is -2.50. The summed E-state index contributed by atoms with van der Waals surface area (Å²) < 4.78 is 64.4. The van der Waals surface area contributed by atoms with Crippen LogP contribution >= 0.6 is 0 Å². The van der Waals surface area contributed by atoms with Gasteiger partial charge in [-0.25, -0.2) is 29.1 Å². The van der Waals surface area contributed by atoms with Crippen molar-refractivity contribution in [2.75, 3.05) is 25.0 Å². The Bertz CT molecular complexity index is 1790. The number of anilines is 1. The van der Waals surface area contributed by atoms with Gasteiger partial charge >= 0.3 is 18.2 Å². The zero-order chi connectivity index (χ0) is 34.9. The molecule has 2 aromatic carbocycles. The highest BCUT2D eigenvalue weighted by Gasteiger charge is 2.44. The average molecular weight is 671 g/mol. The van der Waals surface area contributed by atoms with Crippen molar-refractivity contribution >= 4 is 28.8 Å². The van der Waals surface area contributed by atoms with Gasteiger partial charge in [-0.1, -0.05) is 12.1 Å². The number of aromatic nitrogens is 4. The molecule has 15 heteroatoms. The lowest BCUT2D eigenvalue weighted by molar-refractivity contribution is -0.154. The molecule has 48 heavy (non-hydrogen) atoms. The molecule has 1 unspecified atom stereocenters. The summed E-state index contributed by atoms with van der Waals surface area (Å²) in [4.78, 5) is 42.3. The van der Waals surface area contributed by atoms with Crippen LogP contribution in [0.4, 0.5) is 28.2 Å². The van der Waals surface area contributed by atoms with Crippen LogP contribution in [0.25, 0.3) is 22.0 Å². The van der Waals surface area contributed by atoms with Gasteiger partial charge in [0.1, 0.15) is 46.9 Å². The summed E-state index contributed by atoms with van der Waals surface area (Å²) in [5, 5.41) is 13.9. The van der Waals surface area contributed by atoms with Crippen molar-refractivity contribution in [3.63, 3.8) is 0 Å². The van der Waals surface area contributed by atoms with E-state index >= 15 is 0 Å². The minimum atomic E-state index is -4.68. The molecule has 1 atom stereocenters. The van der Waals surface area contributed by atoms with E-state index in [9.17, 15) is 32.3 Å². The van der Waals surface area contributed by atoms with Gasteiger partial charge < -0.3 is 24.8 Å². The van der Waals surface area contributed by atoms with E-state index in [4.69, 9.17) is 9.47 Å². The molecule has 1 fully saturated rings. The first-order valence-corrected chi connectivity index (χ1v) is 15.1. The summed E-state index contributed by atoms with van der Waals surface area (Å²) in [6.45, 7) is 7.03. The number of rotatable bonds is 8. The van der Waals surface area contributed by atoms with Crippen LogP contribution in [0.15, 0.2) is 55.1 Å². The molecule has 0 aliphatic carbocycles. The Morgan fingerprint density at radius 3 is 2.23 bits per heavy atom. The maximum absolute atomic E-state index is 13.8. The molecule has 11 nitrogen and oxygen atoms in total. The van der Waals surface area contributed by atoms with Crippen molar-refractivity contribution in [3.05, 3.63) is 72.3 Å². The van der Waals surface area contributed by atoms with E-state index in [-0.39, 0.29) is 38.3 Å². The van der Waals surface area contributed by atoms with E-state index in [1.54, 1.807) is 52.0 Å². The van der Waals surface area contributed by atoms with E-state index in [0.29, 0.717) is 33.4 Å². The number of hydrogen-bond donors (Lipinski definition) is 2. The number of ether oxygens (including phenoxy) is 2. The Labute approximate surface area is 273 Å². The Morgan fingerprint density at radius 2 is 1.65 bits per heavy atom. The SMILES string of the molecule is CC(Nc1ncnc2c(OCC3(C(=O)O)CCN(C(=O)OC(C)(C)C)CC3)cc(-c3ccc(F)cc3)cc12)c1cnc(C(F)(F)F)nc1. The summed E-state index contributed by atoms with van der Waals surface area (Å²) in [6, 6.07) is 8.57. The molecular formula is C33H34F4N6O5. The molecule has 1 saturated heterocycles. The van der Waals surface area contributed by atoms with Gasteiger partial charge in [0.25, 0.3) is 0 Å². The molecule has 2 N–H and O–H groups in total. The quantitative estimate of drug-likeness (QED) is 0.190. The van der Waals surface area contributed by atoms with Gasteiger partial charge in [-0.3, -0.25) is 4.79 Å². The van der Waals surface area contributed by atoms with Crippen LogP contribution in [-0.4, -0.2) is 67.3 Å². The number of carboxylic acids is 1. The molecule has 2 aromatic heterocycles. The summed E-state index contributed by atoms with van der Waals surface area (Å²) in [5.41, 5.74) is -0.104. The van der Waals surface area contributed by atoms with Crippen molar-refractivity contribution in [3.8, 4) is 16.9 Å². The molecule has 1 aliphatic heterocycles. The highest BCUT2D eigenvalue weighted by atomic mass is 19.4. The van der Waals surface area contributed by atoms with Crippen molar-refractivity contribution in [2.24, 2.45) is 5.41 Å². The van der Waals surface area contributed by atoms with Crippen molar-refractivity contribution in [1.29, 1.82) is 0 Å². The number of hydrogen-bond acceptors (Lipinski definition) is 9. The smallest absolute Gasteiger partial charge is 0.451 e. The monoisotopic (exact) mass is 670 g/mol. The van der Waals surface area contributed by atoms with Crippen LogP contribution in [0, 0.1) is 11.2 Å². The number of alkyl halides is 3. The maximum atomic E-state index is 13.8. The molecule has 5 rings (SSSR count). The minimum Gasteiger partial charge on any atom is -0.490 e. The standard InChI is InChI=1S/C33H34F4N6O5/c1-19(22-15-38-28(39-16-22)33(35,36)37)42-27-24-13-21(20-5-7-23(34)8-6-20)14-25(26(24)40-18-41-27)47-17-32(29(44)45)9-11-43(12-10-32)30(46)48-31(2,3)4/h5-8,13-16,18-19H,9-12,17H2,1-4H3,(H,44,45)(H,40,41,42). The van der Waals surface area contributed by atoms with Crippen LogP contribution in [0.5, 0.6) is 5.75 Å². The molecular weight excluding hydrogens is 636 g/mol. The van der Waals surface area contributed by atoms with Crippen LogP contribution in [-0.2, 0) is 15.7 Å². The van der Waals surface area contributed by atoms with Crippen LogP contribution in [0.3, 0.4) is 0 Å². The predicted octanol–water partition coefficient (Wildman–Crippen LogP) is 6.90. The first-order chi connectivity index (χ1) is 22.5. The number of benzene rings is 2. The van der Waals surface area contributed by atoms with E-state index < -0.39 is 46.9 Å². The normalized spacial score (nSPS) is 15.5. The van der Waals surface area contributed by atoms with E-state index in [1.807, 2.05) is 0 Å².